The molecule has 2 aliphatic heterocycles. The van der Waals surface area contributed by atoms with E-state index in [9.17, 15) is 15.0 Å². The van der Waals surface area contributed by atoms with E-state index in [-0.39, 0.29) is 12.1 Å². The van der Waals surface area contributed by atoms with Crippen LogP contribution in [0.4, 0.5) is 4.79 Å². The number of amides is 1. The largest absolute Gasteiger partial charge is 0.488 e. The Balaban J connectivity index is 0.992. The molecule has 2 aliphatic rings. The number of furan rings is 1. The van der Waals surface area contributed by atoms with Crippen molar-refractivity contribution in [3.05, 3.63) is 59.3 Å². The molecular weight excluding hydrogens is 560 g/mol. The van der Waals surface area contributed by atoms with Gasteiger partial charge < -0.3 is 39.3 Å². The fourth-order valence-corrected chi connectivity index (χ4v) is 6.17. The lowest BCUT2D eigenvalue weighted by Gasteiger charge is -2.40. The number of nitrogens with zero attached hydrogens (tertiary/aromatic N) is 2. The lowest BCUT2D eigenvalue weighted by molar-refractivity contribution is -0.0509. The van der Waals surface area contributed by atoms with Gasteiger partial charge in [0.15, 0.2) is 0 Å². The molecular formula is C31H37ClN4O6. The first kappa shape index (κ1) is 28.8. The Hall–Kier alpha value is -3.28. The van der Waals surface area contributed by atoms with Crippen LogP contribution in [-0.4, -0.2) is 88.1 Å². The summed E-state index contributed by atoms with van der Waals surface area (Å²) in [7, 11) is 0. The van der Waals surface area contributed by atoms with Gasteiger partial charge in [0, 0.05) is 72.2 Å². The van der Waals surface area contributed by atoms with Gasteiger partial charge in [0.05, 0.1) is 24.0 Å². The first-order chi connectivity index (χ1) is 20.3. The fourth-order valence-electron chi connectivity index (χ4n) is 5.99. The lowest BCUT2D eigenvalue weighted by atomic mass is 10.0. The van der Waals surface area contributed by atoms with Crippen molar-refractivity contribution in [2.24, 2.45) is 0 Å². The number of carbonyl (C=O) groups is 1. The number of likely N-dealkylation sites (tertiary alicyclic amines) is 2. The predicted octanol–water partition coefficient (Wildman–Crippen LogP) is 4.52. The van der Waals surface area contributed by atoms with Crippen LogP contribution in [0, 0.1) is 0 Å². The molecule has 2 fully saturated rings. The van der Waals surface area contributed by atoms with Gasteiger partial charge in [-0.1, -0.05) is 17.7 Å². The molecule has 3 atom stereocenters. The minimum Gasteiger partial charge on any atom is -0.488 e. The van der Waals surface area contributed by atoms with E-state index in [4.69, 9.17) is 25.5 Å². The summed E-state index contributed by atoms with van der Waals surface area (Å²) in [5.74, 6) is 1.01. The van der Waals surface area contributed by atoms with Crippen LogP contribution in [0.5, 0.6) is 11.6 Å². The Morgan fingerprint density at radius 3 is 2.76 bits per heavy atom. The topological polar surface area (TPSA) is 123 Å². The summed E-state index contributed by atoms with van der Waals surface area (Å²) in [6, 6.07) is 13.3. The summed E-state index contributed by atoms with van der Waals surface area (Å²) in [5.41, 5.74) is 2.44. The van der Waals surface area contributed by atoms with Crippen LogP contribution in [0.25, 0.3) is 21.9 Å². The molecule has 0 radical (unpaired) electrons. The predicted molar refractivity (Wildman–Crippen MR) is 160 cm³/mol. The zero-order chi connectivity index (χ0) is 29.2. The Bertz CT molecular complexity index is 1530. The van der Waals surface area contributed by atoms with E-state index in [0.29, 0.717) is 36.2 Å². The molecule has 0 spiro atoms. The van der Waals surface area contributed by atoms with Gasteiger partial charge in [-0.3, -0.25) is 4.90 Å². The maximum absolute atomic E-state index is 12.7. The van der Waals surface area contributed by atoms with Crippen molar-refractivity contribution in [2.75, 3.05) is 32.7 Å². The number of halogens is 1. The van der Waals surface area contributed by atoms with Crippen LogP contribution in [0.1, 0.15) is 31.7 Å². The number of β-amino-alcohol motifs (C(OH)–C–C–N with tert-alkyl or cyclic N) is 1. The van der Waals surface area contributed by atoms with Gasteiger partial charge in [0.1, 0.15) is 17.9 Å². The van der Waals surface area contributed by atoms with Crippen molar-refractivity contribution < 1.29 is 28.9 Å². The van der Waals surface area contributed by atoms with E-state index < -0.39 is 18.3 Å². The second-order valence-electron chi connectivity index (χ2n) is 11.4. The molecule has 2 aromatic heterocycles. The zero-order valence-corrected chi connectivity index (χ0v) is 24.3. The van der Waals surface area contributed by atoms with E-state index in [1.54, 1.807) is 18.4 Å². The van der Waals surface area contributed by atoms with Gasteiger partial charge in [-0.15, -0.1) is 0 Å². The fraction of sp³-hybridized carbons (Fsp3) is 0.452. The SMILES string of the molecule is C[C@@H](CN1CCC(NC(=O)Oc2cc3c(OCc4coc5ccc(Cl)cc45)cccc3[nH]2)CC1)N1CCC(O)C(O)C1. The number of aliphatic hydroxyl groups is 2. The van der Waals surface area contributed by atoms with Crippen LogP contribution in [0.15, 0.2) is 53.1 Å². The first-order valence-corrected chi connectivity index (χ1v) is 14.9. The molecule has 6 rings (SSSR count). The van der Waals surface area contributed by atoms with E-state index in [0.717, 1.165) is 66.5 Å². The molecule has 0 bridgehead atoms. The minimum atomic E-state index is -0.679. The average molecular weight is 597 g/mol. The van der Waals surface area contributed by atoms with Crippen LogP contribution < -0.4 is 14.8 Å². The summed E-state index contributed by atoms with van der Waals surface area (Å²) in [5, 5.41) is 25.2. The quantitative estimate of drug-likeness (QED) is 0.234. The van der Waals surface area contributed by atoms with Crippen LogP contribution in [0.2, 0.25) is 5.02 Å². The molecule has 4 N–H and O–H groups in total. The smallest absolute Gasteiger partial charge is 0.414 e. The molecule has 10 nitrogen and oxygen atoms in total. The Morgan fingerprint density at radius 2 is 1.95 bits per heavy atom. The average Bonchev–Trinajstić information content (AvgIpc) is 3.57. The van der Waals surface area contributed by atoms with E-state index >= 15 is 0 Å². The molecule has 11 heteroatoms. The highest BCUT2D eigenvalue weighted by molar-refractivity contribution is 6.31. The van der Waals surface area contributed by atoms with Crippen molar-refractivity contribution in [1.29, 1.82) is 0 Å². The maximum Gasteiger partial charge on any atom is 0.414 e. The maximum atomic E-state index is 12.7. The third-order valence-electron chi connectivity index (χ3n) is 8.43. The van der Waals surface area contributed by atoms with Gasteiger partial charge in [-0.05, 0) is 56.5 Å². The van der Waals surface area contributed by atoms with Crippen molar-refractivity contribution in [3.63, 3.8) is 0 Å². The summed E-state index contributed by atoms with van der Waals surface area (Å²) >= 11 is 6.16. The number of ether oxygens (including phenoxy) is 2. The third-order valence-corrected chi connectivity index (χ3v) is 8.67. The summed E-state index contributed by atoms with van der Waals surface area (Å²) in [4.78, 5) is 20.5. The number of aromatic amines is 1. The molecule has 0 aliphatic carbocycles. The number of benzene rings is 2. The zero-order valence-electron chi connectivity index (χ0n) is 23.6. The van der Waals surface area contributed by atoms with Crippen LogP contribution in [0.3, 0.4) is 0 Å². The van der Waals surface area contributed by atoms with Crippen LogP contribution >= 0.6 is 11.6 Å². The number of carbonyl (C=O) groups excluding carboxylic acids is 1. The molecule has 224 valence electrons. The minimum absolute atomic E-state index is 0.0394. The monoisotopic (exact) mass is 596 g/mol. The third kappa shape index (κ3) is 6.53. The van der Waals surface area contributed by atoms with Gasteiger partial charge in [0.2, 0.25) is 5.88 Å². The molecule has 2 saturated heterocycles. The highest BCUT2D eigenvalue weighted by Gasteiger charge is 2.30. The second kappa shape index (κ2) is 12.5. The number of piperidine rings is 2. The Labute approximate surface area is 249 Å². The normalized spacial score (nSPS) is 21.5. The number of hydrogen-bond donors (Lipinski definition) is 4. The number of rotatable bonds is 8. The van der Waals surface area contributed by atoms with Crippen molar-refractivity contribution >= 4 is 39.6 Å². The molecule has 1 amide bonds. The van der Waals surface area contributed by atoms with Gasteiger partial charge in [-0.25, -0.2) is 4.79 Å². The number of aromatic nitrogens is 1. The molecule has 4 heterocycles. The highest BCUT2D eigenvalue weighted by Crippen LogP contribution is 2.31. The van der Waals surface area contributed by atoms with Crippen molar-refractivity contribution in [1.82, 2.24) is 20.1 Å². The van der Waals surface area contributed by atoms with Gasteiger partial charge >= 0.3 is 6.09 Å². The number of aliphatic hydroxyl groups excluding tert-OH is 2. The lowest BCUT2D eigenvalue weighted by Crippen LogP contribution is -2.54. The van der Waals surface area contributed by atoms with E-state index in [1.165, 1.54) is 0 Å². The molecule has 42 heavy (non-hydrogen) atoms. The number of nitrogens with one attached hydrogen (secondary N) is 2. The Kier molecular flexibility index (Phi) is 8.60. The standard InChI is InChI=1S/C31H37ClN4O6/c1-19(36-12-9-26(37)27(38)16-36)15-35-10-7-22(8-11-35)33-31(39)42-30-14-24-25(34-30)3-2-4-28(24)40-17-20-18-41-29-6-5-21(32)13-23(20)29/h2-6,13-14,18-19,22,26-27,34,37-38H,7-12,15-17H2,1H3,(H,33,39)/t19-,26?,27?/m0/s1. The molecule has 2 unspecified atom stereocenters. The second-order valence-corrected chi connectivity index (χ2v) is 11.9. The first-order valence-electron chi connectivity index (χ1n) is 14.5. The van der Waals surface area contributed by atoms with Crippen molar-refractivity contribution in [2.45, 2.75) is 57.1 Å². The number of fused-ring (bicyclic) bond motifs is 2. The summed E-state index contributed by atoms with van der Waals surface area (Å²) < 4.78 is 17.4. The van der Waals surface area contributed by atoms with Crippen LogP contribution in [-0.2, 0) is 6.61 Å². The molecule has 4 aromatic rings. The summed E-state index contributed by atoms with van der Waals surface area (Å²) in [6.07, 6.45) is 2.16. The highest BCUT2D eigenvalue weighted by atomic mass is 35.5. The molecule has 0 saturated carbocycles. The van der Waals surface area contributed by atoms with E-state index in [1.807, 2.05) is 30.3 Å². The number of H-pyrrole nitrogens is 1. The van der Waals surface area contributed by atoms with E-state index in [2.05, 4.69) is 27.0 Å². The van der Waals surface area contributed by atoms with Gasteiger partial charge in [0.25, 0.3) is 0 Å². The van der Waals surface area contributed by atoms with Gasteiger partial charge in [-0.2, -0.15) is 0 Å². The molecule has 2 aromatic carbocycles. The Morgan fingerprint density at radius 1 is 1.12 bits per heavy atom. The summed E-state index contributed by atoms with van der Waals surface area (Å²) in [6.45, 7) is 6.41. The van der Waals surface area contributed by atoms with Crippen molar-refractivity contribution in [3.8, 4) is 11.6 Å². The number of hydrogen-bond acceptors (Lipinski definition) is 8.